The molecule has 1 aliphatic carbocycles. The number of carbonyl (C=O) groups is 2. The van der Waals surface area contributed by atoms with Gasteiger partial charge in [0, 0.05) is 17.0 Å². The summed E-state index contributed by atoms with van der Waals surface area (Å²) in [6.07, 6.45) is 2.11. The molecule has 1 saturated carbocycles. The first-order valence-corrected chi connectivity index (χ1v) is 9.02. The molecule has 0 spiro atoms. The molecule has 0 atom stereocenters. The minimum Gasteiger partial charge on any atom is -0.329 e. The molecule has 2 aromatic rings. The molecule has 0 saturated heterocycles. The number of aromatic nitrogens is 1. The van der Waals surface area contributed by atoms with E-state index in [1.54, 1.807) is 6.07 Å². The van der Waals surface area contributed by atoms with Crippen LogP contribution in [0.15, 0.2) is 24.3 Å². The van der Waals surface area contributed by atoms with Crippen LogP contribution in [0, 0.1) is 25.6 Å². The standard InChI is InChI=1S/C18H20FN3O2S/c1-11-12(2)25-18(20-11)21-16(23)10-22(9-13-6-7-13)17(24)14-4-3-5-15(19)8-14/h3-5,8,13H,6-7,9-10H2,1-2H3,(H,20,21,23). The zero-order chi connectivity index (χ0) is 18.0. The predicted octanol–water partition coefficient (Wildman–Crippen LogP) is 3.39. The van der Waals surface area contributed by atoms with Gasteiger partial charge in [-0.3, -0.25) is 9.59 Å². The average molecular weight is 361 g/mol. The van der Waals surface area contributed by atoms with E-state index in [1.807, 2.05) is 13.8 Å². The van der Waals surface area contributed by atoms with E-state index in [0.29, 0.717) is 17.6 Å². The molecule has 0 unspecified atom stereocenters. The molecule has 0 aliphatic heterocycles. The van der Waals surface area contributed by atoms with Crippen molar-refractivity contribution >= 4 is 28.3 Å². The van der Waals surface area contributed by atoms with Crippen LogP contribution in [0.4, 0.5) is 9.52 Å². The minimum atomic E-state index is -0.463. The maximum atomic E-state index is 13.4. The molecule has 25 heavy (non-hydrogen) atoms. The Balaban J connectivity index is 1.69. The summed E-state index contributed by atoms with van der Waals surface area (Å²) in [7, 11) is 0. The van der Waals surface area contributed by atoms with Crippen molar-refractivity contribution in [3.8, 4) is 0 Å². The van der Waals surface area contributed by atoms with E-state index in [2.05, 4.69) is 10.3 Å². The molecule has 132 valence electrons. The van der Waals surface area contributed by atoms with Gasteiger partial charge in [0.25, 0.3) is 5.91 Å². The number of benzene rings is 1. The van der Waals surface area contributed by atoms with E-state index < -0.39 is 5.82 Å². The van der Waals surface area contributed by atoms with Gasteiger partial charge >= 0.3 is 0 Å². The third kappa shape index (κ3) is 4.63. The lowest BCUT2D eigenvalue weighted by Crippen LogP contribution is -2.39. The van der Waals surface area contributed by atoms with Crippen molar-refractivity contribution in [1.82, 2.24) is 9.88 Å². The third-order valence-electron chi connectivity index (χ3n) is 4.14. The van der Waals surface area contributed by atoms with Crippen molar-refractivity contribution in [1.29, 1.82) is 0 Å². The first-order valence-electron chi connectivity index (χ1n) is 8.21. The summed E-state index contributed by atoms with van der Waals surface area (Å²) < 4.78 is 13.4. The van der Waals surface area contributed by atoms with Gasteiger partial charge in [-0.1, -0.05) is 6.07 Å². The summed E-state index contributed by atoms with van der Waals surface area (Å²) >= 11 is 1.41. The van der Waals surface area contributed by atoms with Crippen molar-refractivity contribution < 1.29 is 14.0 Å². The molecule has 1 N–H and O–H groups in total. The maximum Gasteiger partial charge on any atom is 0.254 e. The third-order valence-corrected chi connectivity index (χ3v) is 5.13. The quantitative estimate of drug-likeness (QED) is 0.858. The van der Waals surface area contributed by atoms with Gasteiger partial charge in [-0.15, -0.1) is 11.3 Å². The summed E-state index contributed by atoms with van der Waals surface area (Å²) in [5.41, 5.74) is 1.14. The lowest BCUT2D eigenvalue weighted by atomic mass is 10.2. The molecule has 1 aliphatic rings. The van der Waals surface area contributed by atoms with Crippen LogP contribution >= 0.6 is 11.3 Å². The number of nitrogens with zero attached hydrogens (tertiary/aromatic N) is 2. The van der Waals surface area contributed by atoms with Crippen LogP contribution in [0.1, 0.15) is 33.8 Å². The van der Waals surface area contributed by atoms with E-state index in [0.717, 1.165) is 23.4 Å². The fraction of sp³-hybridized carbons (Fsp3) is 0.389. The highest BCUT2D eigenvalue weighted by molar-refractivity contribution is 7.15. The van der Waals surface area contributed by atoms with Gasteiger partial charge in [-0.05, 0) is 50.8 Å². The topological polar surface area (TPSA) is 62.3 Å². The molecule has 1 aromatic carbocycles. The Morgan fingerprint density at radius 1 is 1.36 bits per heavy atom. The number of halogens is 1. The Morgan fingerprint density at radius 3 is 2.72 bits per heavy atom. The molecule has 1 fully saturated rings. The molecular weight excluding hydrogens is 341 g/mol. The predicted molar refractivity (Wildman–Crippen MR) is 95.2 cm³/mol. The van der Waals surface area contributed by atoms with Crippen molar-refractivity contribution in [2.45, 2.75) is 26.7 Å². The molecule has 7 heteroatoms. The highest BCUT2D eigenvalue weighted by Gasteiger charge is 2.28. The van der Waals surface area contributed by atoms with Crippen LogP contribution in [-0.2, 0) is 4.79 Å². The molecule has 5 nitrogen and oxygen atoms in total. The van der Waals surface area contributed by atoms with Crippen molar-refractivity contribution in [2.24, 2.45) is 5.92 Å². The summed E-state index contributed by atoms with van der Waals surface area (Å²) in [6, 6.07) is 5.56. The number of nitrogens with one attached hydrogen (secondary N) is 1. The summed E-state index contributed by atoms with van der Waals surface area (Å²) in [6.45, 7) is 4.27. The number of aryl methyl sites for hydroxylation is 2. The van der Waals surface area contributed by atoms with E-state index in [1.165, 1.54) is 34.4 Å². The van der Waals surface area contributed by atoms with Gasteiger partial charge in [0.05, 0.1) is 5.69 Å². The molecule has 3 rings (SSSR count). The number of amides is 2. The first-order chi connectivity index (χ1) is 11.9. The Hall–Kier alpha value is -2.28. The fourth-order valence-electron chi connectivity index (χ4n) is 2.49. The molecular formula is C18H20FN3O2S. The zero-order valence-corrected chi connectivity index (χ0v) is 15.0. The normalized spacial score (nSPS) is 13.6. The Kier molecular flexibility index (Phi) is 5.13. The van der Waals surface area contributed by atoms with E-state index in [-0.39, 0.29) is 23.9 Å². The van der Waals surface area contributed by atoms with Crippen LogP contribution in [0.5, 0.6) is 0 Å². The van der Waals surface area contributed by atoms with Gasteiger partial charge in [0.1, 0.15) is 12.4 Å². The van der Waals surface area contributed by atoms with Gasteiger partial charge in [-0.2, -0.15) is 0 Å². The molecule has 2 amide bonds. The first kappa shape index (κ1) is 17.5. The highest BCUT2D eigenvalue weighted by atomic mass is 32.1. The SMILES string of the molecule is Cc1nc(NC(=O)CN(CC2CC2)C(=O)c2cccc(F)c2)sc1C. The molecule has 1 heterocycles. The van der Waals surface area contributed by atoms with E-state index >= 15 is 0 Å². The van der Waals surface area contributed by atoms with Crippen molar-refractivity contribution in [3.63, 3.8) is 0 Å². The lowest BCUT2D eigenvalue weighted by Gasteiger charge is -2.22. The highest BCUT2D eigenvalue weighted by Crippen LogP contribution is 2.30. The van der Waals surface area contributed by atoms with Crippen LogP contribution in [0.2, 0.25) is 0 Å². The number of carbonyl (C=O) groups excluding carboxylic acids is 2. The molecule has 1 aromatic heterocycles. The number of thiazole rings is 1. The second-order valence-corrected chi connectivity index (χ2v) is 7.55. The zero-order valence-electron chi connectivity index (χ0n) is 14.2. The largest absolute Gasteiger partial charge is 0.329 e. The summed E-state index contributed by atoms with van der Waals surface area (Å²) in [5.74, 6) is -0.655. The van der Waals surface area contributed by atoms with Crippen LogP contribution in [0.25, 0.3) is 0 Å². The van der Waals surface area contributed by atoms with Crippen LogP contribution in [-0.4, -0.2) is 34.8 Å². The van der Waals surface area contributed by atoms with Gasteiger partial charge < -0.3 is 10.2 Å². The van der Waals surface area contributed by atoms with Crippen LogP contribution < -0.4 is 5.32 Å². The van der Waals surface area contributed by atoms with Gasteiger partial charge in [-0.25, -0.2) is 9.37 Å². The smallest absolute Gasteiger partial charge is 0.254 e. The van der Waals surface area contributed by atoms with Crippen molar-refractivity contribution in [3.05, 3.63) is 46.2 Å². The van der Waals surface area contributed by atoms with Crippen molar-refractivity contribution in [2.75, 3.05) is 18.4 Å². The Bertz CT molecular complexity index is 782. The number of hydrogen-bond donors (Lipinski definition) is 1. The van der Waals surface area contributed by atoms with Gasteiger partial charge in [0.15, 0.2) is 5.13 Å². The maximum absolute atomic E-state index is 13.4. The second kappa shape index (κ2) is 7.31. The number of rotatable bonds is 6. The summed E-state index contributed by atoms with van der Waals surface area (Å²) in [4.78, 5) is 31.8. The minimum absolute atomic E-state index is 0.0660. The molecule has 0 bridgehead atoms. The Morgan fingerprint density at radius 2 is 2.12 bits per heavy atom. The van der Waals surface area contributed by atoms with Gasteiger partial charge in [0.2, 0.25) is 5.91 Å². The lowest BCUT2D eigenvalue weighted by molar-refractivity contribution is -0.116. The number of anilines is 1. The van der Waals surface area contributed by atoms with E-state index in [9.17, 15) is 14.0 Å². The fourth-order valence-corrected chi connectivity index (χ4v) is 3.32. The molecule has 0 radical (unpaired) electrons. The number of hydrogen-bond acceptors (Lipinski definition) is 4. The van der Waals surface area contributed by atoms with E-state index in [4.69, 9.17) is 0 Å². The Labute approximate surface area is 149 Å². The summed E-state index contributed by atoms with van der Waals surface area (Å²) in [5, 5.41) is 3.28. The second-order valence-electron chi connectivity index (χ2n) is 6.35. The average Bonchev–Trinajstić information content (AvgIpc) is 3.31. The monoisotopic (exact) mass is 361 g/mol. The van der Waals surface area contributed by atoms with Crippen LogP contribution in [0.3, 0.4) is 0 Å².